The Morgan fingerprint density at radius 1 is 0.935 bits per heavy atom. The largest absolute Gasteiger partial charge is 0.469 e. The summed E-state index contributed by atoms with van der Waals surface area (Å²) in [6, 6.07) is 22.9. The number of hydrogen-bond donors (Lipinski definition) is 1. The van der Waals surface area contributed by atoms with Gasteiger partial charge in [0.05, 0.1) is 18.2 Å². The summed E-state index contributed by atoms with van der Waals surface area (Å²) in [5.74, 6) is -0.227. The van der Waals surface area contributed by atoms with Gasteiger partial charge in [0.1, 0.15) is 4.90 Å². The minimum Gasteiger partial charge on any atom is -0.469 e. The quantitative estimate of drug-likeness (QED) is 0.463. The van der Waals surface area contributed by atoms with Gasteiger partial charge >= 0.3 is 5.97 Å². The summed E-state index contributed by atoms with van der Waals surface area (Å²) < 4.78 is 33.6. The number of benzene rings is 3. The molecule has 0 aliphatic carbocycles. The molecule has 0 saturated carbocycles. The van der Waals surface area contributed by atoms with E-state index in [0.717, 1.165) is 23.1 Å². The number of hydrogen-bond acceptors (Lipinski definition) is 4. The molecule has 0 bridgehead atoms. The standard InChI is InChI=1S/C24H24ClNO4S/c1-30-23(27)13-7-8-18-14-16-20(17-15-18)24(19-9-3-2-4-10-19)26-31(28,29)22-12-6-5-11-21(22)25/h2-6,9-12,14-17,24,26H,7-8,13H2,1H3. The Kier molecular flexibility index (Phi) is 7.85. The number of methoxy groups -OCH3 is 1. The lowest BCUT2D eigenvalue weighted by atomic mass is 9.97. The van der Waals surface area contributed by atoms with Gasteiger partial charge in [0.15, 0.2) is 0 Å². The number of ether oxygens (including phenoxy) is 1. The molecule has 0 aromatic heterocycles. The van der Waals surface area contributed by atoms with Crippen LogP contribution in [-0.4, -0.2) is 21.5 Å². The van der Waals surface area contributed by atoms with E-state index in [1.165, 1.54) is 13.2 Å². The molecule has 0 aliphatic rings. The van der Waals surface area contributed by atoms with Gasteiger partial charge in [-0.05, 0) is 41.7 Å². The SMILES string of the molecule is COC(=O)CCCc1ccc(C(NS(=O)(=O)c2ccccc2Cl)c2ccccc2)cc1. The highest BCUT2D eigenvalue weighted by Gasteiger charge is 2.24. The Labute approximate surface area is 188 Å². The minimum absolute atomic E-state index is 0.0389. The van der Waals surface area contributed by atoms with E-state index < -0.39 is 16.1 Å². The van der Waals surface area contributed by atoms with E-state index in [4.69, 9.17) is 11.6 Å². The Hall–Kier alpha value is -2.67. The third-order valence-corrected chi connectivity index (χ3v) is 6.84. The molecule has 0 saturated heterocycles. The zero-order valence-electron chi connectivity index (χ0n) is 17.1. The highest BCUT2D eigenvalue weighted by atomic mass is 35.5. The average molecular weight is 458 g/mol. The lowest BCUT2D eigenvalue weighted by Crippen LogP contribution is -2.29. The lowest BCUT2D eigenvalue weighted by Gasteiger charge is -2.20. The second-order valence-electron chi connectivity index (χ2n) is 7.07. The molecule has 3 rings (SSSR count). The van der Waals surface area contributed by atoms with Crippen molar-refractivity contribution in [3.8, 4) is 0 Å². The van der Waals surface area contributed by atoms with Crippen LogP contribution in [0.2, 0.25) is 5.02 Å². The van der Waals surface area contributed by atoms with Crippen molar-refractivity contribution >= 4 is 27.6 Å². The van der Waals surface area contributed by atoms with E-state index in [1.807, 2.05) is 54.6 Å². The monoisotopic (exact) mass is 457 g/mol. The van der Waals surface area contributed by atoms with E-state index in [1.54, 1.807) is 18.2 Å². The normalized spacial score (nSPS) is 12.3. The van der Waals surface area contributed by atoms with Crippen LogP contribution in [0.3, 0.4) is 0 Å². The molecule has 7 heteroatoms. The smallest absolute Gasteiger partial charge is 0.305 e. The number of aryl methyl sites for hydroxylation is 1. The topological polar surface area (TPSA) is 72.5 Å². The fraction of sp³-hybridized carbons (Fsp3) is 0.208. The van der Waals surface area contributed by atoms with Crippen LogP contribution >= 0.6 is 11.6 Å². The summed E-state index contributed by atoms with van der Waals surface area (Å²) in [6.45, 7) is 0. The Morgan fingerprint density at radius 2 is 1.55 bits per heavy atom. The number of esters is 1. The van der Waals surface area contributed by atoms with E-state index in [2.05, 4.69) is 9.46 Å². The van der Waals surface area contributed by atoms with Gasteiger partial charge < -0.3 is 4.74 Å². The summed E-state index contributed by atoms with van der Waals surface area (Å²) in [5, 5.41) is 0.169. The van der Waals surface area contributed by atoms with Crippen molar-refractivity contribution in [2.75, 3.05) is 7.11 Å². The van der Waals surface area contributed by atoms with Gasteiger partial charge in [0.25, 0.3) is 0 Å². The van der Waals surface area contributed by atoms with Gasteiger partial charge in [-0.25, -0.2) is 8.42 Å². The third kappa shape index (κ3) is 6.17. The molecule has 0 aliphatic heterocycles. The Bertz CT molecular complexity index is 1120. The van der Waals surface area contributed by atoms with Crippen LogP contribution in [0.1, 0.15) is 35.6 Å². The van der Waals surface area contributed by atoms with Crippen molar-refractivity contribution in [3.05, 3.63) is 101 Å². The number of sulfonamides is 1. The lowest BCUT2D eigenvalue weighted by molar-refractivity contribution is -0.140. The maximum atomic E-state index is 13.1. The van der Waals surface area contributed by atoms with Crippen LogP contribution in [0.25, 0.3) is 0 Å². The molecular formula is C24H24ClNO4S. The zero-order valence-corrected chi connectivity index (χ0v) is 18.7. The van der Waals surface area contributed by atoms with Crippen molar-refractivity contribution in [1.82, 2.24) is 4.72 Å². The fourth-order valence-corrected chi connectivity index (χ4v) is 5.00. The number of rotatable bonds is 9. The Balaban J connectivity index is 1.85. The van der Waals surface area contributed by atoms with Gasteiger partial charge in [0.2, 0.25) is 10.0 Å². The summed E-state index contributed by atoms with van der Waals surface area (Å²) in [6.07, 6.45) is 1.78. The first-order valence-electron chi connectivity index (χ1n) is 9.88. The highest BCUT2D eigenvalue weighted by Crippen LogP contribution is 2.27. The van der Waals surface area contributed by atoms with Crippen molar-refractivity contribution < 1.29 is 17.9 Å². The summed E-state index contributed by atoms with van der Waals surface area (Å²) in [7, 11) is -2.48. The molecule has 31 heavy (non-hydrogen) atoms. The predicted octanol–water partition coefficient (Wildman–Crippen LogP) is 4.90. The second kappa shape index (κ2) is 10.6. The minimum atomic E-state index is -3.86. The maximum absolute atomic E-state index is 13.1. The maximum Gasteiger partial charge on any atom is 0.305 e. The molecule has 1 unspecified atom stereocenters. The predicted molar refractivity (Wildman–Crippen MR) is 121 cm³/mol. The van der Waals surface area contributed by atoms with Gasteiger partial charge in [-0.2, -0.15) is 4.72 Å². The zero-order chi connectivity index (χ0) is 22.3. The van der Waals surface area contributed by atoms with Gasteiger partial charge in [0, 0.05) is 6.42 Å². The van der Waals surface area contributed by atoms with Crippen LogP contribution < -0.4 is 4.72 Å². The molecule has 3 aromatic rings. The summed E-state index contributed by atoms with van der Waals surface area (Å²) in [5.41, 5.74) is 2.68. The van der Waals surface area contributed by atoms with Crippen LogP contribution in [0.4, 0.5) is 0 Å². The van der Waals surface area contributed by atoms with Crippen LogP contribution in [0.15, 0.2) is 83.8 Å². The number of carbonyl (C=O) groups excluding carboxylic acids is 1. The molecule has 0 heterocycles. The van der Waals surface area contributed by atoms with Crippen molar-refractivity contribution in [3.63, 3.8) is 0 Å². The summed E-state index contributed by atoms with van der Waals surface area (Å²) >= 11 is 6.13. The molecule has 162 valence electrons. The van der Waals surface area contributed by atoms with E-state index in [-0.39, 0.29) is 15.9 Å². The van der Waals surface area contributed by atoms with Gasteiger partial charge in [-0.15, -0.1) is 0 Å². The molecule has 1 atom stereocenters. The average Bonchev–Trinajstić information content (AvgIpc) is 2.78. The van der Waals surface area contributed by atoms with Crippen LogP contribution in [0, 0.1) is 0 Å². The number of nitrogens with one attached hydrogen (secondary N) is 1. The van der Waals surface area contributed by atoms with Crippen LogP contribution in [0.5, 0.6) is 0 Å². The first-order valence-corrected chi connectivity index (χ1v) is 11.7. The van der Waals surface area contributed by atoms with Crippen molar-refractivity contribution in [2.45, 2.75) is 30.2 Å². The summed E-state index contributed by atoms with van der Waals surface area (Å²) in [4.78, 5) is 11.3. The van der Waals surface area contributed by atoms with E-state index in [0.29, 0.717) is 12.8 Å². The molecule has 5 nitrogen and oxygen atoms in total. The molecule has 1 N–H and O–H groups in total. The highest BCUT2D eigenvalue weighted by molar-refractivity contribution is 7.89. The molecule has 0 amide bonds. The second-order valence-corrected chi connectivity index (χ2v) is 9.16. The number of halogens is 1. The molecular weight excluding hydrogens is 434 g/mol. The first kappa shape index (κ1) is 23.0. The van der Waals surface area contributed by atoms with Gasteiger partial charge in [-0.3, -0.25) is 4.79 Å². The number of carbonyl (C=O) groups is 1. The van der Waals surface area contributed by atoms with E-state index >= 15 is 0 Å². The van der Waals surface area contributed by atoms with E-state index in [9.17, 15) is 13.2 Å². The van der Waals surface area contributed by atoms with Crippen molar-refractivity contribution in [2.24, 2.45) is 0 Å². The molecule has 0 radical (unpaired) electrons. The fourth-order valence-electron chi connectivity index (χ4n) is 3.27. The molecule has 3 aromatic carbocycles. The third-order valence-electron chi connectivity index (χ3n) is 4.92. The molecule has 0 fully saturated rings. The van der Waals surface area contributed by atoms with Crippen molar-refractivity contribution in [1.29, 1.82) is 0 Å². The molecule has 0 spiro atoms. The first-order chi connectivity index (χ1) is 14.9. The Morgan fingerprint density at radius 3 is 2.19 bits per heavy atom. The van der Waals surface area contributed by atoms with Crippen LogP contribution in [-0.2, 0) is 26.0 Å². The van der Waals surface area contributed by atoms with Gasteiger partial charge in [-0.1, -0.05) is 78.3 Å².